The molecule has 12 heteroatoms. The number of carbonyl (C=O) groups excluding carboxylic acids is 2. The summed E-state index contributed by atoms with van der Waals surface area (Å²) >= 11 is 0. The van der Waals surface area contributed by atoms with Crippen molar-refractivity contribution in [1.82, 2.24) is 0 Å². The van der Waals surface area contributed by atoms with E-state index >= 15 is 0 Å². The summed E-state index contributed by atoms with van der Waals surface area (Å²) in [5.74, 6) is 1.45. The molecular formula is C38H44O12. The molecule has 2 aromatic carbocycles. The highest BCUT2D eigenvalue weighted by molar-refractivity contribution is 5.90. The van der Waals surface area contributed by atoms with E-state index in [1.807, 2.05) is 36.4 Å². The van der Waals surface area contributed by atoms with Crippen LogP contribution in [0.5, 0.6) is 23.0 Å². The second-order valence-electron chi connectivity index (χ2n) is 11.2. The molecule has 0 N–H and O–H groups in total. The fraction of sp³-hybridized carbons (Fsp3) is 0.421. The first-order valence-corrected chi connectivity index (χ1v) is 16.8. The number of ether oxygens (including phenoxy) is 10. The molecule has 0 unspecified atom stereocenters. The van der Waals surface area contributed by atoms with Gasteiger partial charge < -0.3 is 47.4 Å². The molecule has 3 aliphatic rings. The Morgan fingerprint density at radius 1 is 0.480 bits per heavy atom. The minimum atomic E-state index is -0.338. The summed E-state index contributed by atoms with van der Waals surface area (Å²) in [5, 5.41) is 0. The van der Waals surface area contributed by atoms with Crippen molar-refractivity contribution in [3.63, 3.8) is 0 Å². The smallest absolute Gasteiger partial charge is 0.334 e. The van der Waals surface area contributed by atoms with Crippen LogP contribution in [-0.4, -0.2) is 91.2 Å². The number of hydrogen-bond acceptors (Lipinski definition) is 12. The number of allylic oxidation sites excluding steroid dienone is 6. The third kappa shape index (κ3) is 12.4. The lowest BCUT2D eigenvalue weighted by molar-refractivity contribution is -0.141. The lowest BCUT2D eigenvalue weighted by Gasteiger charge is -2.16. The molecule has 0 spiro atoms. The largest absolute Gasteiger partial charge is 0.487 e. The molecule has 0 radical (unpaired) electrons. The number of benzene rings is 2. The Kier molecular flexibility index (Phi) is 15.2. The van der Waals surface area contributed by atoms with Gasteiger partial charge in [-0.3, -0.25) is 0 Å². The van der Waals surface area contributed by atoms with Gasteiger partial charge in [0.25, 0.3) is 0 Å². The van der Waals surface area contributed by atoms with E-state index in [4.69, 9.17) is 47.4 Å². The first kappa shape index (κ1) is 36.7. The summed E-state index contributed by atoms with van der Waals surface area (Å²) in [6.07, 6.45) is 12.2. The number of rotatable bonds is 6. The fourth-order valence-electron chi connectivity index (χ4n) is 4.92. The summed E-state index contributed by atoms with van der Waals surface area (Å²) in [7, 11) is 0. The highest BCUT2D eigenvalue weighted by Crippen LogP contribution is 2.30. The van der Waals surface area contributed by atoms with Crippen LogP contribution in [0.15, 0.2) is 84.0 Å². The zero-order valence-electron chi connectivity index (χ0n) is 28.1. The Hall–Kier alpha value is -4.62. The number of fused-ring (bicyclic) bond motifs is 2. The van der Waals surface area contributed by atoms with Gasteiger partial charge in [0.05, 0.1) is 52.9 Å². The topological polar surface area (TPSA) is 126 Å². The van der Waals surface area contributed by atoms with Crippen LogP contribution >= 0.6 is 0 Å². The summed E-state index contributed by atoms with van der Waals surface area (Å²) in [4.78, 5) is 24.6. The summed E-state index contributed by atoms with van der Waals surface area (Å²) in [6.45, 7) is 4.23. The maximum atomic E-state index is 12.3. The van der Waals surface area contributed by atoms with Gasteiger partial charge in [-0.2, -0.15) is 0 Å². The molecule has 0 saturated heterocycles. The molecule has 5 rings (SSSR count). The number of hydrogen-bond donors (Lipinski definition) is 0. The fourth-order valence-corrected chi connectivity index (χ4v) is 4.92. The first-order valence-electron chi connectivity index (χ1n) is 16.8. The molecule has 12 nitrogen and oxygen atoms in total. The summed E-state index contributed by atoms with van der Waals surface area (Å²) in [6, 6.07) is 10.9. The molecule has 1 heterocycles. The zero-order chi connectivity index (χ0) is 34.6. The molecular weight excluding hydrogens is 648 g/mol. The molecule has 0 bridgehead atoms. The van der Waals surface area contributed by atoms with E-state index < -0.39 is 0 Å². The van der Waals surface area contributed by atoms with Crippen LogP contribution in [0.1, 0.15) is 24.0 Å². The van der Waals surface area contributed by atoms with Crippen LogP contribution in [0.25, 0.3) is 0 Å². The van der Waals surface area contributed by atoms with Gasteiger partial charge in [0.2, 0.25) is 0 Å². The van der Waals surface area contributed by atoms with Crippen molar-refractivity contribution in [2.45, 2.75) is 26.1 Å². The quantitative estimate of drug-likeness (QED) is 0.385. The number of esters is 2. The first-order chi connectivity index (χ1) is 24.7. The number of carbonyl (C=O) groups is 2. The lowest BCUT2D eigenvalue weighted by Crippen LogP contribution is -2.16. The van der Waals surface area contributed by atoms with Crippen molar-refractivity contribution in [2.24, 2.45) is 0 Å². The molecule has 0 saturated carbocycles. The van der Waals surface area contributed by atoms with E-state index in [1.165, 1.54) is 0 Å². The van der Waals surface area contributed by atoms with Crippen molar-refractivity contribution in [3.8, 4) is 23.0 Å². The van der Waals surface area contributed by atoms with Crippen LogP contribution in [0, 0.1) is 0 Å². The highest BCUT2D eigenvalue weighted by atomic mass is 16.6. The van der Waals surface area contributed by atoms with Crippen molar-refractivity contribution in [2.75, 3.05) is 79.3 Å². The highest BCUT2D eigenvalue weighted by Gasteiger charge is 2.15. The normalized spacial score (nSPS) is 18.0. The Bertz CT molecular complexity index is 1410. The Labute approximate surface area is 292 Å². The van der Waals surface area contributed by atoms with E-state index in [2.05, 4.69) is 0 Å². The molecule has 2 aromatic rings. The minimum Gasteiger partial charge on any atom is -0.487 e. The molecule has 0 aromatic heterocycles. The molecule has 50 heavy (non-hydrogen) atoms. The van der Waals surface area contributed by atoms with Gasteiger partial charge in [-0.25, -0.2) is 9.59 Å². The zero-order valence-corrected chi connectivity index (χ0v) is 28.1. The van der Waals surface area contributed by atoms with Crippen LogP contribution in [0.3, 0.4) is 0 Å². The van der Waals surface area contributed by atoms with Crippen molar-refractivity contribution >= 4 is 11.9 Å². The minimum absolute atomic E-state index is 0.108. The van der Waals surface area contributed by atoms with E-state index in [0.29, 0.717) is 113 Å². The van der Waals surface area contributed by atoms with Gasteiger partial charge in [-0.05, 0) is 48.2 Å². The van der Waals surface area contributed by atoms with Crippen LogP contribution in [0.2, 0.25) is 0 Å². The van der Waals surface area contributed by atoms with Gasteiger partial charge in [-0.1, -0.05) is 48.6 Å². The SMILES string of the molecule is O=C(OCc1ccc2c(c1)OCCOCCOCCOc1cc(COC(=O)C3=CC=CC3)ccc1OCCOCCOCCO2)C1=CC=CC1. The monoisotopic (exact) mass is 692 g/mol. The second kappa shape index (κ2) is 20.8. The maximum absolute atomic E-state index is 12.3. The molecule has 268 valence electrons. The molecule has 1 aliphatic heterocycles. The van der Waals surface area contributed by atoms with Gasteiger partial charge in [0.15, 0.2) is 23.0 Å². The van der Waals surface area contributed by atoms with Crippen molar-refractivity contribution < 1.29 is 57.0 Å². The average molecular weight is 693 g/mol. The van der Waals surface area contributed by atoms with Gasteiger partial charge in [0.1, 0.15) is 39.6 Å². The third-order valence-corrected chi connectivity index (χ3v) is 7.51. The Morgan fingerprint density at radius 2 is 0.840 bits per heavy atom. The van der Waals surface area contributed by atoms with Gasteiger partial charge in [0, 0.05) is 11.1 Å². The summed E-state index contributed by atoms with van der Waals surface area (Å²) < 4.78 is 57.5. The summed E-state index contributed by atoms with van der Waals surface area (Å²) in [5.41, 5.74) is 2.80. The predicted molar refractivity (Wildman–Crippen MR) is 181 cm³/mol. The lowest BCUT2D eigenvalue weighted by atomic mass is 10.2. The third-order valence-electron chi connectivity index (χ3n) is 7.51. The predicted octanol–water partition coefficient (Wildman–Crippen LogP) is 4.84. The van der Waals surface area contributed by atoms with Gasteiger partial charge >= 0.3 is 11.9 Å². The maximum Gasteiger partial charge on any atom is 0.334 e. The van der Waals surface area contributed by atoms with Crippen LogP contribution < -0.4 is 18.9 Å². The van der Waals surface area contributed by atoms with Crippen molar-refractivity contribution in [1.29, 1.82) is 0 Å². The van der Waals surface area contributed by atoms with E-state index in [0.717, 1.165) is 11.1 Å². The molecule has 2 aliphatic carbocycles. The molecule has 0 fully saturated rings. The standard InChI is InChI=1S/C38H44O12/c39-37(31-5-1-2-6-31)49-27-29-9-11-33-35(25-29)47-23-19-43-15-16-44-20-24-48-36-26-30(28-50-38(40)32-7-3-4-8-32)10-12-34(36)46-22-18-42-14-13-41-17-21-45-33/h1-5,7,9-12,25-26H,6,8,13-24,27-28H2. The van der Waals surface area contributed by atoms with E-state index in [9.17, 15) is 9.59 Å². The Balaban J connectivity index is 1.10. The second-order valence-corrected chi connectivity index (χ2v) is 11.2. The molecule has 0 atom stereocenters. The van der Waals surface area contributed by atoms with Crippen molar-refractivity contribution in [3.05, 3.63) is 95.1 Å². The van der Waals surface area contributed by atoms with E-state index in [1.54, 1.807) is 36.4 Å². The molecule has 0 amide bonds. The average Bonchev–Trinajstić information content (AvgIpc) is 3.88. The van der Waals surface area contributed by atoms with E-state index in [-0.39, 0.29) is 38.4 Å². The van der Waals surface area contributed by atoms with Crippen LogP contribution in [-0.2, 0) is 51.2 Å². The van der Waals surface area contributed by atoms with Gasteiger partial charge in [-0.15, -0.1) is 0 Å². The van der Waals surface area contributed by atoms with Crippen LogP contribution in [0.4, 0.5) is 0 Å². The Morgan fingerprint density at radius 3 is 1.20 bits per heavy atom.